The molecule has 0 N–H and O–H groups in total. The summed E-state index contributed by atoms with van der Waals surface area (Å²) < 4.78 is 45.5. The number of hydrogen-bond acceptors (Lipinski definition) is 7. The van der Waals surface area contributed by atoms with Crippen molar-refractivity contribution in [2.45, 2.75) is 173 Å². The fraction of sp³-hybridized carbons (Fsp3) is 0.700. The van der Waals surface area contributed by atoms with Gasteiger partial charge in [-0.25, -0.2) is 18.0 Å². The number of esters is 2. The maximum absolute atomic E-state index is 12.9. The van der Waals surface area contributed by atoms with E-state index in [1.165, 1.54) is 77.0 Å². The smallest absolute Gasteiger partial charge is 0.744 e. The van der Waals surface area contributed by atoms with Gasteiger partial charge in [-0.15, -0.1) is 0 Å². The summed E-state index contributed by atoms with van der Waals surface area (Å²) in [4.78, 5) is 25.1. The van der Waals surface area contributed by atoms with E-state index in [0.717, 1.165) is 82.4 Å². The van der Waals surface area contributed by atoms with Gasteiger partial charge in [0.05, 0.1) is 29.2 Å². The van der Waals surface area contributed by atoms with Crippen LogP contribution in [-0.4, -0.2) is 38.1 Å². The SMILES string of the molecule is CCCCCCCC/C=C/CCCCCCOC(=O)c1ccc(S(=O)(=O)[O-])cc1C(=O)OCCCCCC/C=C/CCCCCCCC.[Na+]. The summed E-state index contributed by atoms with van der Waals surface area (Å²) in [5.74, 6) is -1.58. The van der Waals surface area contributed by atoms with E-state index in [1.807, 2.05) is 0 Å². The Morgan fingerprint density at radius 2 is 0.898 bits per heavy atom. The van der Waals surface area contributed by atoms with Crippen molar-refractivity contribution in [3.05, 3.63) is 53.6 Å². The van der Waals surface area contributed by atoms with Crippen LogP contribution in [0.15, 0.2) is 47.4 Å². The quantitative estimate of drug-likeness (QED) is 0.0250. The van der Waals surface area contributed by atoms with Gasteiger partial charge in [-0.3, -0.25) is 0 Å². The van der Waals surface area contributed by atoms with E-state index in [1.54, 1.807) is 0 Å². The van der Waals surface area contributed by atoms with Gasteiger partial charge < -0.3 is 14.0 Å². The molecule has 1 aromatic carbocycles. The van der Waals surface area contributed by atoms with Gasteiger partial charge >= 0.3 is 41.5 Å². The van der Waals surface area contributed by atoms with Crippen LogP contribution in [0.4, 0.5) is 0 Å². The van der Waals surface area contributed by atoms with Crippen LogP contribution in [0, 0.1) is 0 Å². The molecular formula is C40H65NaO7S. The topological polar surface area (TPSA) is 110 Å². The molecule has 0 aliphatic heterocycles. The molecule has 0 aromatic heterocycles. The molecule has 0 aliphatic carbocycles. The van der Waals surface area contributed by atoms with E-state index >= 15 is 0 Å². The van der Waals surface area contributed by atoms with E-state index in [4.69, 9.17) is 9.47 Å². The fourth-order valence-corrected chi connectivity index (χ4v) is 6.00. The summed E-state index contributed by atoms with van der Waals surface area (Å²) in [6.45, 7) is 4.81. The predicted molar refractivity (Wildman–Crippen MR) is 195 cm³/mol. The van der Waals surface area contributed by atoms with E-state index in [0.29, 0.717) is 12.8 Å². The minimum atomic E-state index is -4.82. The average molecular weight is 713 g/mol. The van der Waals surface area contributed by atoms with Crippen LogP contribution in [0.2, 0.25) is 0 Å². The molecule has 0 aliphatic rings. The zero-order chi connectivity index (χ0) is 35.1. The number of ether oxygens (including phenoxy) is 2. The van der Waals surface area contributed by atoms with Crippen LogP contribution in [0.1, 0.15) is 189 Å². The van der Waals surface area contributed by atoms with E-state index in [-0.39, 0.29) is 53.9 Å². The normalized spacial score (nSPS) is 11.7. The Kier molecular flexibility index (Phi) is 31.5. The molecule has 0 radical (unpaired) electrons. The van der Waals surface area contributed by atoms with E-state index in [2.05, 4.69) is 38.2 Å². The molecule has 0 bridgehead atoms. The van der Waals surface area contributed by atoms with Crippen LogP contribution in [-0.2, 0) is 19.6 Å². The number of benzene rings is 1. The summed E-state index contributed by atoms with van der Waals surface area (Å²) in [6, 6.07) is 3.10. The molecule has 0 fully saturated rings. The second kappa shape index (κ2) is 32.5. The summed E-state index contributed by atoms with van der Waals surface area (Å²) in [7, 11) is -4.82. The maximum atomic E-state index is 12.9. The predicted octanol–water partition coefficient (Wildman–Crippen LogP) is 8.42. The minimum absolute atomic E-state index is 0. The Hall–Kier alpha value is -1.45. The largest absolute Gasteiger partial charge is 1.00 e. The van der Waals surface area contributed by atoms with Gasteiger partial charge in [0.15, 0.2) is 0 Å². The van der Waals surface area contributed by atoms with Gasteiger partial charge in [0.25, 0.3) is 0 Å². The molecule has 9 heteroatoms. The Morgan fingerprint density at radius 3 is 1.29 bits per heavy atom. The second-order valence-corrected chi connectivity index (χ2v) is 14.3. The molecule has 1 aromatic rings. The second-order valence-electron chi connectivity index (χ2n) is 12.9. The molecule has 0 unspecified atom stereocenters. The van der Waals surface area contributed by atoms with Gasteiger partial charge in [-0.2, -0.15) is 0 Å². The summed E-state index contributed by atoms with van der Waals surface area (Å²) in [6.07, 6.45) is 36.5. The molecule has 274 valence electrons. The van der Waals surface area contributed by atoms with Gasteiger partial charge in [-0.05, 0) is 82.4 Å². The van der Waals surface area contributed by atoms with Gasteiger partial charge in [0.1, 0.15) is 10.1 Å². The van der Waals surface area contributed by atoms with Crippen molar-refractivity contribution in [1.82, 2.24) is 0 Å². The summed E-state index contributed by atoms with van der Waals surface area (Å²) >= 11 is 0. The zero-order valence-electron chi connectivity index (χ0n) is 31.2. The Labute approximate surface area is 321 Å². The molecule has 0 saturated heterocycles. The summed E-state index contributed by atoms with van der Waals surface area (Å²) in [5, 5.41) is 0. The van der Waals surface area contributed by atoms with Crippen molar-refractivity contribution in [1.29, 1.82) is 0 Å². The van der Waals surface area contributed by atoms with Crippen LogP contribution >= 0.6 is 0 Å². The first-order valence-electron chi connectivity index (χ1n) is 19.0. The number of allylic oxidation sites excluding steroid dienone is 4. The van der Waals surface area contributed by atoms with Crippen LogP contribution < -0.4 is 29.6 Å². The minimum Gasteiger partial charge on any atom is -0.744 e. The molecule has 0 saturated carbocycles. The Balaban J connectivity index is 0.0000230. The molecule has 49 heavy (non-hydrogen) atoms. The van der Waals surface area contributed by atoms with Crippen molar-refractivity contribution in [3.8, 4) is 0 Å². The molecule has 0 heterocycles. The first kappa shape index (κ1) is 47.5. The molecule has 0 atom stereocenters. The first-order chi connectivity index (χ1) is 23.3. The molecular weight excluding hydrogens is 647 g/mol. The van der Waals surface area contributed by atoms with Gasteiger partial charge in [0, 0.05) is 0 Å². The molecule has 0 amide bonds. The Bertz CT molecular complexity index is 1150. The Morgan fingerprint density at radius 1 is 0.551 bits per heavy atom. The van der Waals surface area contributed by atoms with Gasteiger partial charge in [-0.1, -0.05) is 128 Å². The van der Waals surface area contributed by atoms with Crippen molar-refractivity contribution in [2.24, 2.45) is 0 Å². The van der Waals surface area contributed by atoms with Crippen LogP contribution in [0.5, 0.6) is 0 Å². The zero-order valence-corrected chi connectivity index (χ0v) is 34.0. The van der Waals surface area contributed by atoms with Crippen molar-refractivity contribution >= 4 is 22.1 Å². The third kappa shape index (κ3) is 26.1. The van der Waals surface area contributed by atoms with Crippen molar-refractivity contribution in [2.75, 3.05) is 13.2 Å². The van der Waals surface area contributed by atoms with Crippen molar-refractivity contribution < 1.29 is 61.6 Å². The molecule has 1 rings (SSSR count). The van der Waals surface area contributed by atoms with Crippen molar-refractivity contribution in [3.63, 3.8) is 0 Å². The number of rotatable bonds is 31. The maximum Gasteiger partial charge on any atom is 1.00 e. The third-order valence-electron chi connectivity index (χ3n) is 8.50. The first-order valence-corrected chi connectivity index (χ1v) is 20.5. The number of unbranched alkanes of at least 4 members (excludes halogenated alkanes) is 20. The monoisotopic (exact) mass is 712 g/mol. The standard InChI is InChI=1S/C40H66O7S.Na/c1-3-5-7-9-11-13-15-17-19-21-23-25-27-29-33-46-39(41)37-32-31-36(48(43,44)45)35-38(37)40(42)47-34-30-28-26-24-22-20-18-16-14-12-10-8-6-4-2;/h17-20,31-32,35H,3-16,21-30,33-34H2,1-2H3,(H,43,44,45);/q;+1/p-1/b19-17+,20-18+;. The van der Waals surface area contributed by atoms with E-state index in [9.17, 15) is 22.6 Å². The number of hydrogen-bond donors (Lipinski definition) is 0. The average Bonchev–Trinajstić information content (AvgIpc) is 3.07. The molecule has 0 spiro atoms. The third-order valence-corrected chi connectivity index (χ3v) is 9.33. The number of carbonyl (C=O) groups is 2. The van der Waals surface area contributed by atoms with E-state index < -0.39 is 27.0 Å². The van der Waals surface area contributed by atoms with Crippen LogP contribution in [0.25, 0.3) is 0 Å². The summed E-state index contributed by atoms with van der Waals surface area (Å²) in [5.41, 5.74) is -0.365. The number of carbonyl (C=O) groups excluding carboxylic acids is 2. The van der Waals surface area contributed by atoms with Crippen LogP contribution in [0.3, 0.4) is 0 Å². The molecule has 7 nitrogen and oxygen atoms in total. The van der Waals surface area contributed by atoms with Gasteiger partial charge in [0.2, 0.25) is 0 Å². The fourth-order valence-electron chi connectivity index (χ4n) is 5.50.